The minimum absolute atomic E-state index is 0.196. The lowest BCUT2D eigenvalue weighted by atomic mass is 10.1. The van der Waals surface area contributed by atoms with Crippen molar-refractivity contribution in [3.63, 3.8) is 0 Å². The molecule has 0 saturated carbocycles. The molecule has 36 heavy (non-hydrogen) atoms. The van der Waals surface area contributed by atoms with Gasteiger partial charge in [-0.3, -0.25) is 13.9 Å². The molecule has 0 aliphatic carbocycles. The summed E-state index contributed by atoms with van der Waals surface area (Å²) in [6, 6.07) is 13.6. The van der Waals surface area contributed by atoms with Crippen LogP contribution < -0.4 is 14.4 Å². The molecule has 0 saturated heterocycles. The topological polar surface area (TPSA) is 96.0 Å². The van der Waals surface area contributed by atoms with E-state index in [0.29, 0.717) is 31.0 Å². The number of sulfonamides is 1. The molecule has 0 spiro atoms. The van der Waals surface area contributed by atoms with Gasteiger partial charge in [-0.25, -0.2) is 8.42 Å². The molecule has 8 nitrogen and oxygen atoms in total. The van der Waals surface area contributed by atoms with Crippen molar-refractivity contribution in [1.82, 2.24) is 10.2 Å². The van der Waals surface area contributed by atoms with Gasteiger partial charge < -0.3 is 15.0 Å². The van der Waals surface area contributed by atoms with Gasteiger partial charge in [-0.05, 0) is 56.5 Å². The Hall–Kier alpha value is -3.07. The minimum atomic E-state index is -3.78. The Kier molecular flexibility index (Phi) is 11.2. The summed E-state index contributed by atoms with van der Waals surface area (Å²) in [4.78, 5) is 28.2. The third-order valence-electron chi connectivity index (χ3n) is 5.77. The average molecular weight is 518 g/mol. The first kappa shape index (κ1) is 29.2. The van der Waals surface area contributed by atoms with E-state index in [1.165, 1.54) is 4.90 Å². The van der Waals surface area contributed by atoms with E-state index >= 15 is 0 Å². The summed E-state index contributed by atoms with van der Waals surface area (Å²) in [6.07, 6.45) is 3.25. The van der Waals surface area contributed by atoms with Gasteiger partial charge in [-0.2, -0.15) is 0 Å². The molecule has 2 aromatic rings. The molecule has 0 aliphatic rings. The first-order valence-electron chi connectivity index (χ1n) is 12.4. The van der Waals surface area contributed by atoms with Gasteiger partial charge in [0.1, 0.15) is 18.3 Å². The summed E-state index contributed by atoms with van der Waals surface area (Å²) < 4.78 is 31.9. The third-order valence-corrected chi connectivity index (χ3v) is 6.91. The van der Waals surface area contributed by atoms with E-state index in [4.69, 9.17) is 4.74 Å². The molecule has 198 valence electrons. The highest BCUT2D eigenvalue weighted by molar-refractivity contribution is 7.92. The molecule has 2 rings (SSSR count). The molecular weight excluding hydrogens is 478 g/mol. The fourth-order valence-corrected chi connectivity index (χ4v) is 4.77. The number of hydrogen-bond acceptors (Lipinski definition) is 5. The molecule has 2 aromatic carbocycles. The maximum Gasteiger partial charge on any atom is 0.244 e. The molecule has 0 radical (unpaired) electrons. The molecule has 0 aromatic heterocycles. The highest BCUT2D eigenvalue weighted by Crippen LogP contribution is 2.23. The number of nitrogens with zero attached hydrogens (tertiary/aromatic N) is 2. The number of carbonyl (C=O) groups is 2. The Morgan fingerprint density at radius 1 is 1.06 bits per heavy atom. The number of unbranched alkanes of at least 4 members (excludes halogenated alkanes) is 1. The number of carbonyl (C=O) groups excluding carboxylic acids is 2. The van der Waals surface area contributed by atoms with Gasteiger partial charge in [0.25, 0.3) is 0 Å². The van der Waals surface area contributed by atoms with E-state index in [2.05, 4.69) is 5.32 Å². The van der Waals surface area contributed by atoms with E-state index in [1.54, 1.807) is 24.3 Å². The molecule has 0 bridgehead atoms. The van der Waals surface area contributed by atoms with Crippen molar-refractivity contribution in [2.24, 2.45) is 0 Å². The minimum Gasteiger partial charge on any atom is -0.494 e. The second-order valence-corrected chi connectivity index (χ2v) is 10.7. The smallest absolute Gasteiger partial charge is 0.244 e. The summed E-state index contributed by atoms with van der Waals surface area (Å²) in [6.45, 7) is 8.50. The van der Waals surface area contributed by atoms with Crippen molar-refractivity contribution in [2.75, 3.05) is 30.3 Å². The Bertz CT molecular complexity index is 1100. The highest BCUT2D eigenvalue weighted by atomic mass is 32.2. The zero-order valence-electron chi connectivity index (χ0n) is 22.0. The molecule has 0 heterocycles. The van der Waals surface area contributed by atoms with Crippen LogP contribution in [0.25, 0.3) is 0 Å². The van der Waals surface area contributed by atoms with Crippen LogP contribution in [0.1, 0.15) is 51.2 Å². The van der Waals surface area contributed by atoms with E-state index < -0.39 is 28.5 Å². The molecule has 9 heteroatoms. The molecule has 0 unspecified atom stereocenters. The maximum atomic E-state index is 13.7. The molecular formula is C27H39N3O5S. The molecule has 2 amide bonds. The number of anilines is 1. The monoisotopic (exact) mass is 517 g/mol. The number of ether oxygens (including phenoxy) is 1. The Morgan fingerprint density at radius 2 is 1.75 bits per heavy atom. The zero-order chi connectivity index (χ0) is 26.7. The molecule has 0 aliphatic heterocycles. The van der Waals surface area contributed by atoms with Crippen molar-refractivity contribution in [3.05, 3.63) is 59.7 Å². The van der Waals surface area contributed by atoms with Gasteiger partial charge in [-0.1, -0.05) is 50.1 Å². The zero-order valence-corrected chi connectivity index (χ0v) is 22.8. The summed E-state index contributed by atoms with van der Waals surface area (Å²) in [7, 11) is -3.78. The van der Waals surface area contributed by atoms with Crippen molar-refractivity contribution >= 4 is 27.5 Å². The third kappa shape index (κ3) is 8.55. The van der Waals surface area contributed by atoms with Gasteiger partial charge >= 0.3 is 0 Å². The van der Waals surface area contributed by atoms with Crippen molar-refractivity contribution in [2.45, 2.75) is 59.5 Å². The van der Waals surface area contributed by atoms with E-state index in [-0.39, 0.29) is 12.5 Å². The largest absolute Gasteiger partial charge is 0.494 e. The lowest BCUT2D eigenvalue weighted by molar-refractivity contribution is -0.140. The second kappa shape index (κ2) is 13.9. The van der Waals surface area contributed by atoms with Crippen LogP contribution in [0.4, 0.5) is 5.69 Å². The number of aryl methyl sites for hydroxylation is 1. The number of amides is 2. The van der Waals surface area contributed by atoms with Crippen LogP contribution in [0, 0.1) is 6.92 Å². The Balaban J connectivity index is 2.38. The molecule has 1 atom stereocenters. The fourth-order valence-electron chi connectivity index (χ4n) is 3.92. The average Bonchev–Trinajstić information content (AvgIpc) is 2.82. The molecule has 0 fully saturated rings. The Labute approximate surface area is 215 Å². The lowest BCUT2D eigenvalue weighted by Crippen LogP contribution is -2.52. The SMILES string of the molecule is CCCCNC(=O)[C@H](CC)N(Cc1cccc(C)c1)C(=O)CN(c1ccc(OCC)cc1)S(C)(=O)=O. The summed E-state index contributed by atoms with van der Waals surface area (Å²) >= 11 is 0. The van der Waals surface area contributed by atoms with Gasteiger partial charge in [0.15, 0.2) is 0 Å². The number of benzene rings is 2. The number of nitrogens with one attached hydrogen (secondary N) is 1. The predicted octanol–water partition coefficient (Wildman–Crippen LogP) is 3.88. The number of rotatable bonds is 14. The van der Waals surface area contributed by atoms with Crippen LogP contribution in [-0.4, -0.2) is 57.1 Å². The summed E-state index contributed by atoms with van der Waals surface area (Å²) in [5.74, 6) is -0.0795. The van der Waals surface area contributed by atoms with E-state index in [1.807, 2.05) is 52.0 Å². The fraction of sp³-hybridized carbons (Fsp3) is 0.481. The summed E-state index contributed by atoms with van der Waals surface area (Å²) in [5.41, 5.74) is 2.26. The van der Waals surface area contributed by atoms with Crippen molar-refractivity contribution in [3.8, 4) is 5.75 Å². The quantitative estimate of drug-likeness (QED) is 0.384. The van der Waals surface area contributed by atoms with Crippen LogP contribution in [0.5, 0.6) is 5.75 Å². The maximum absolute atomic E-state index is 13.7. The Morgan fingerprint density at radius 3 is 2.31 bits per heavy atom. The first-order valence-corrected chi connectivity index (χ1v) is 14.3. The van der Waals surface area contributed by atoms with Crippen LogP contribution in [0.3, 0.4) is 0 Å². The lowest BCUT2D eigenvalue weighted by Gasteiger charge is -2.33. The van der Waals surface area contributed by atoms with Crippen molar-refractivity contribution in [1.29, 1.82) is 0 Å². The normalized spacial score (nSPS) is 12.0. The van der Waals surface area contributed by atoms with E-state index in [0.717, 1.165) is 34.5 Å². The first-order chi connectivity index (χ1) is 17.1. The van der Waals surface area contributed by atoms with Gasteiger partial charge in [0.2, 0.25) is 21.8 Å². The van der Waals surface area contributed by atoms with Crippen LogP contribution in [0.15, 0.2) is 48.5 Å². The number of hydrogen-bond donors (Lipinski definition) is 1. The van der Waals surface area contributed by atoms with Crippen molar-refractivity contribution < 1.29 is 22.7 Å². The molecule has 1 N–H and O–H groups in total. The van der Waals surface area contributed by atoms with E-state index in [9.17, 15) is 18.0 Å². The highest BCUT2D eigenvalue weighted by Gasteiger charge is 2.31. The second-order valence-electron chi connectivity index (χ2n) is 8.78. The van der Waals surface area contributed by atoms with Crippen LogP contribution >= 0.6 is 0 Å². The predicted molar refractivity (Wildman–Crippen MR) is 144 cm³/mol. The van der Waals surface area contributed by atoms with Gasteiger partial charge in [-0.15, -0.1) is 0 Å². The van der Waals surface area contributed by atoms with Crippen LogP contribution in [-0.2, 0) is 26.2 Å². The van der Waals surface area contributed by atoms with Gasteiger partial charge in [0, 0.05) is 13.1 Å². The van der Waals surface area contributed by atoms with Crippen LogP contribution in [0.2, 0.25) is 0 Å². The van der Waals surface area contributed by atoms with Gasteiger partial charge in [0.05, 0.1) is 18.6 Å². The summed E-state index contributed by atoms with van der Waals surface area (Å²) in [5, 5.41) is 2.92. The standard InChI is InChI=1S/C27H39N3O5S/c1-6-9-17-28-27(32)25(7-2)29(19-22-12-10-11-21(4)18-22)26(31)20-30(36(5,33)34)23-13-15-24(16-14-23)35-8-3/h10-16,18,25H,6-9,17,19-20H2,1-5H3,(H,28,32)/t25-/m0/s1.